The van der Waals surface area contributed by atoms with Gasteiger partial charge in [0.2, 0.25) is 0 Å². The molecule has 0 spiro atoms. The first-order valence-corrected chi connectivity index (χ1v) is 4.58. The molecule has 0 bridgehead atoms. The second-order valence-electron chi connectivity index (χ2n) is 2.06. The molecule has 0 N–H and O–H groups in total. The fourth-order valence-corrected chi connectivity index (χ4v) is 2.53. The van der Waals surface area contributed by atoms with Crippen molar-refractivity contribution in [2.75, 3.05) is 7.11 Å². The first kappa shape index (κ1) is 8.24. The minimum atomic E-state index is 0.716. The molecule has 1 aromatic rings. The van der Waals surface area contributed by atoms with Gasteiger partial charge in [-0.1, -0.05) is 0 Å². The summed E-state index contributed by atoms with van der Waals surface area (Å²) in [4.78, 5) is 1.33. The van der Waals surface area contributed by atoms with Gasteiger partial charge in [0, 0.05) is 12.0 Å². The highest BCUT2D eigenvalue weighted by molar-refractivity contribution is 9.11. The molecule has 10 heavy (non-hydrogen) atoms. The van der Waals surface area contributed by atoms with Gasteiger partial charge >= 0.3 is 0 Å². The van der Waals surface area contributed by atoms with E-state index >= 15 is 0 Å². The van der Waals surface area contributed by atoms with Crippen LogP contribution in [0.15, 0.2) is 9.85 Å². The minimum Gasteiger partial charge on any atom is -0.380 e. The number of hydrogen-bond acceptors (Lipinski definition) is 2. The van der Waals surface area contributed by atoms with Gasteiger partial charge in [0.05, 0.1) is 10.4 Å². The summed E-state index contributed by atoms with van der Waals surface area (Å²) < 4.78 is 6.19. The van der Waals surface area contributed by atoms with Crippen LogP contribution >= 0.6 is 27.3 Å². The van der Waals surface area contributed by atoms with E-state index in [4.69, 9.17) is 4.74 Å². The van der Waals surface area contributed by atoms with Crippen molar-refractivity contribution < 1.29 is 4.74 Å². The lowest BCUT2D eigenvalue weighted by Gasteiger charge is -1.94. The second kappa shape index (κ2) is 3.51. The molecule has 1 rings (SSSR count). The van der Waals surface area contributed by atoms with E-state index in [0.717, 1.165) is 0 Å². The molecular formula is C7H9BrOS. The predicted molar refractivity (Wildman–Crippen MR) is 47.5 cm³/mol. The van der Waals surface area contributed by atoms with Crippen molar-refractivity contribution in [2.45, 2.75) is 13.5 Å². The van der Waals surface area contributed by atoms with Crippen LogP contribution in [0.2, 0.25) is 0 Å². The van der Waals surface area contributed by atoms with E-state index < -0.39 is 0 Å². The monoisotopic (exact) mass is 220 g/mol. The van der Waals surface area contributed by atoms with Crippen LogP contribution in [0, 0.1) is 6.92 Å². The Morgan fingerprint density at radius 3 is 2.80 bits per heavy atom. The smallest absolute Gasteiger partial charge is 0.0724 e. The van der Waals surface area contributed by atoms with E-state index in [1.807, 2.05) is 0 Å². The Labute approximate surface area is 73.1 Å². The summed E-state index contributed by atoms with van der Waals surface area (Å²) in [5, 5.41) is 0. The van der Waals surface area contributed by atoms with Crippen molar-refractivity contribution in [3.05, 3.63) is 20.3 Å². The number of thiophene rings is 1. The molecule has 1 nitrogen and oxygen atoms in total. The van der Waals surface area contributed by atoms with Crippen LogP contribution in [0.4, 0.5) is 0 Å². The molecule has 0 radical (unpaired) electrons. The topological polar surface area (TPSA) is 9.23 Å². The van der Waals surface area contributed by atoms with E-state index in [2.05, 4.69) is 28.9 Å². The maximum atomic E-state index is 5.01. The number of methoxy groups -OCH3 is 1. The van der Waals surface area contributed by atoms with E-state index in [0.29, 0.717) is 6.61 Å². The summed E-state index contributed by atoms with van der Waals surface area (Å²) in [5.41, 5.74) is 1.28. The lowest BCUT2D eigenvalue weighted by molar-refractivity contribution is 0.185. The third-order valence-corrected chi connectivity index (χ3v) is 2.89. The Morgan fingerprint density at radius 2 is 2.40 bits per heavy atom. The van der Waals surface area contributed by atoms with Gasteiger partial charge in [0.1, 0.15) is 0 Å². The van der Waals surface area contributed by atoms with Crippen LogP contribution in [-0.4, -0.2) is 7.11 Å². The molecule has 0 saturated carbocycles. The van der Waals surface area contributed by atoms with Crippen LogP contribution < -0.4 is 0 Å². The first-order valence-electron chi connectivity index (χ1n) is 2.98. The summed E-state index contributed by atoms with van der Waals surface area (Å²) in [6, 6.07) is 2.10. The summed E-state index contributed by atoms with van der Waals surface area (Å²) >= 11 is 5.16. The van der Waals surface area contributed by atoms with Crippen LogP contribution in [0.25, 0.3) is 0 Å². The molecule has 0 aliphatic carbocycles. The van der Waals surface area contributed by atoms with E-state index in [9.17, 15) is 0 Å². The fraction of sp³-hybridized carbons (Fsp3) is 0.429. The Morgan fingerprint density at radius 1 is 1.70 bits per heavy atom. The Kier molecular flexibility index (Phi) is 2.89. The molecule has 56 valence electrons. The van der Waals surface area contributed by atoms with Crippen LogP contribution in [-0.2, 0) is 11.3 Å². The van der Waals surface area contributed by atoms with Crippen molar-refractivity contribution in [1.82, 2.24) is 0 Å². The van der Waals surface area contributed by atoms with Gasteiger partial charge < -0.3 is 4.74 Å². The SMILES string of the molecule is COCc1cc(Br)sc1C. The van der Waals surface area contributed by atoms with Crippen LogP contribution in [0.1, 0.15) is 10.4 Å². The van der Waals surface area contributed by atoms with Crippen molar-refractivity contribution in [3.63, 3.8) is 0 Å². The summed E-state index contributed by atoms with van der Waals surface area (Å²) in [6.07, 6.45) is 0. The zero-order chi connectivity index (χ0) is 7.56. The highest BCUT2D eigenvalue weighted by Crippen LogP contribution is 2.26. The Bertz CT molecular complexity index is 219. The van der Waals surface area contributed by atoms with E-state index in [1.165, 1.54) is 14.2 Å². The van der Waals surface area contributed by atoms with Crippen molar-refractivity contribution in [3.8, 4) is 0 Å². The molecule has 0 aliphatic rings. The number of ether oxygens (including phenoxy) is 1. The Balaban J connectivity index is 2.81. The van der Waals surface area contributed by atoms with Crippen LogP contribution in [0.5, 0.6) is 0 Å². The second-order valence-corrected chi connectivity index (χ2v) is 4.70. The number of halogens is 1. The lowest BCUT2D eigenvalue weighted by atomic mass is 10.3. The van der Waals surface area contributed by atoms with Crippen molar-refractivity contribution in [1.29, 1.82) is 0 Å². The fourth-order valence-electron chi connectivity index (χ4n) is 0.779. The number of hydrogen-bond donors (Lipinski definition) is 0. The van der Waals surface area contributed by atoms with Crippen molar-refractivity contribution >= 4 is 27.3 Å². The van der Waals surface area contributed by atoms with Gasteiger partial charge in [-0.25, -0.2) is 0 Å². The standard InChI is InChI=1S/C7H9BrOS/c1-5-6(4-9-2)3-7(8)10-5/h3H,4H2,1-2H3. The molecule has 0 unspecified atom stereocenters. The molecular weight excluding hydrogens is 212 g/mol. The number of rotatable bonds is 2. The quantitative estimate of drug-likeness (QED) is 0.745. The predicted octanol–water partition coefficient (Wildman–Crippen LogP) is 2.97. The average Bonchev–Trinajstić information content (AvgIpc) is 2.13. The maximum absolute atomic E-state index is 5.01. The summed E-state index contributed by atoms with van der Waals surface area (Å²) in [6.45, 7) is 2.82. The first-order chi connectivity index (χ1) is 4.74. The lowest BCUT2D eigenvalue weighted by Crippen LogP contribution is -1.84. The molecule has 1 heterocycles. The number of aryl methyl sites for hydroxylation is 1. The highest BCUT2D eigenvalue weighted by Gasteiger charge is 2.01. The average molecular weight is 221 g/mol. The molecule has 0 atom stereocenters. The normalized spacial score (nSPS) is 10.3. The van der Waals surface area contributed by atoms with Gasteiger partial charge in [-0.15, -0.1) is 11.3 Å². The van der Waals surface area contributed by atoms with E-state index in [-0.39, 0.29) is 0 Å². The largest absolute Gasteiger partial charge is 0.380 e. The highest BCUT2D eigenvalue weighted by atomic mass is 79.9. The maximum Gasteiger partial charge on any atom is 0.0724 e. The summed E-state index contributed by atoms with van der Waals surface area (Å²) in [5.74, 6) is 0. The zero-order valence-corrected chi connectivity index (χ0v) is 8.38. The van der Waals surface area contributed by atoms with Gasteiger partial charge in [-0.2, -0.15) is 0 Å². The molecule has 3 heteroatoms. The van der Waals surface area contributed by atoms with Crippen molar-refractivity contribution in [2.24, 2.45) is 0 Å². The van der Waals surface area contributed by atoms with Gasteiger partial charge in [0.15, 0.2) is 0 Å². The van der Waals surface area contributed by atoms with Crippen LogP contribution in [0.3, 0.4) is 0 Å². The zero-order valence-electron chi connectivity index (χ0n) is 5.98. The molecule has 0 fully saturated rings. The Hall–Kier alpha value is 0.140. The third kappa shape index (κ3) is 1.81. The molecule has 0 aliphatic heterocycles. The van der Waals surface area contributed by atoms with Gasteiger partial charge in [-0.05, 0) is 34.5 Å². The van der Waals surface area contributed by atoms with E-state index in [1.54, 1.807) is 18.4 Å². The van der Waals surface area contributed by atoms with Gasteiger partial charge in [0.25, 0.3) is 0 Å². The molecule has 0 saturated heterocycles. The third-order valence-electron chi connectivity index (χ3n) is 1.29. The minimum absolute atomic E-state index is 0.716. The molecule has 0 aromatic carbocycles. The molecule has 1 aromatic heterocycles. The summed E-state index contributed by atoms with van der Waals surface area (Å²) in [7, 11) is 1.71. The van der Waals surface area contributed by atoms with Gasteiger partial charge in [-0.3, -0.25) is 0 Å². The molecule has 0 amide bonds.